The van der Waals surface area contributed by atoms with Crippen molar-refractivity contribution in [3.63, 3.8) is 0 Å². The van der Waals surface area contributed by atoms with Crippen molar-refractivity contribution in [3.05, 3.63) is 42.5 Å². The average molecular weight is 430 g/mol. The first kappa shape index (κ1) is 25.4. The number of hydrogen-bond donors (Lipinski definition) is 1. The van der Waals surface area contributed by atoms with Gasteiger partial charge in [-0.05, 0) is 69.8 Å². The molecule has 1 aromatic rings. The highest BCUT2D eigenvalue weighted by molar-refractivity contribution is 5.89. The molecule has 2 rings (SSSR count). The highest BCUT2D eigenvalue weighted by Crippen LogP contribution is 2.17. The number of urea groups is 1. The van der Waals surface area contributed by atoms with E-state index in [2.05, 4.69) is 42.9 Å². The summed E-state index contributed by atoms with van der Waals surface area (Å²) in [6.45, 7) is 10.4. The van der Waals surface area contributed by atoms with Crippen LogP contribution in [0.3, 0.4) is 0 Å². The zero-order valence-corrected chi connectivity index (χ0v) is 19.8. The molecular formula is C26H43N3O2. The maximum atomic E-state index is 12.5. The molecule has 0 bridgehead atoms. The van der Waals surface area contributed by atoms with E-state index in [1.165, 1.54) is 37.7 Å². The molecule has 1 heterocycles. The van der Waals surface area contributed by atoms with Crippen molar-refractivity contribution in [3.8, 4) is 0 Å². The lowest BCUT2D eigenvalue weighted by atomic mass is 10.1. The molecule has 174 valence electrons. The van der Waals surface area contributed by atoms with Crippen molar-refractivity contribution in [1.82, 2.24) is 9.80 Å². The Morgan fingerprint density at radius 3 is 2.55 bits per heavy atom. The molecule has 0 unspecified atom stereocenters. The van der Waals surface area contributed by atoms with Crippen LogP contribution in [0.25, 0.3) is 0 Å². The zero-order chi connectivity index (χ0) is 22.3. The van der Waals surface area contributed by atoms with E-state index in [-0.39, 0.29) is 6.03 Å². The zero-order valence-electron chi connectivity index (χ0n) is 19.8. The van der Waals surface area contributed by atoms with Crippen molar-refractivity contribution in [2.45, 2.75) is 70.8 Å². The number of piperidine rings is 1. The Labute approximate surface area is 189 Å². The molecule has 1 aromatic carbocycles. The quantitative estimate of drug-likeness (QED) is 0.304. The number of benzene rings is 1. The molecule has 5 heteroatoms. The third-order valence-electron chi connectivity index (χ3n) is 5.98. The lowest BCUT2D eigenvalue weighted by molar-refractivity contribution is 0.0140. The van der Waals surface area contributed by atoms with Gasteiger partial charge in [-0.25, -0.2) is 4.79 Å². The number of hydrogen-bond acceptors (Lipinski definition) is 3. The van der Waals surface area contributed by atoms with Gasteiger partial charge in [0.2, 0.25) is 0 Å². The van der Waals surface area contributed by atoms with Gasteiger partial charge in [0.05, 0.1) is 6.10 Å². The van der Waals surface area contributed by atoms with Gasteiger partial charge in [0.1, 0.15) is 0 Å². The second-order valence-corrected chi connectivity index (χ2v) is 8.75. The molecule has 0 saturated carbocycles. The van der Waals surface area contributed by atoms with Crippen molar-refractivity contribution in [1.29, 1.82) is 0 Å². The predicted octanol–water partition coefficient (Wildman–Crippen LogP) is 5.72. The van der Waals surface area contributed by atoms with E-state index >= 15 is 0 Å². The third-order valence-corrected chi connectivity index (χ3v) is 5.98. The number of carbonyl (C=O) groups excluding carboxylic acids is 1. The van der Waals surface area contributed by atoms with Crippen molar-refractivity contribution >= 4 is 11.7 Å². The fourth-order valence-corrected chi connectivity index (χ4v) is 3.96. The Morgan fingerprint density at radius 1 is 1.16 bits per heavy atom. The van der Waals surface area contributed by atoms with Crippen LogP contribution in [0.15, 0.2) is 36.9 Å². The summed E-state index contributed by atoms with van der Waals surface area (Å²) in [7, 11) is 2.14. The monoisotopic (exact) mass is 429 g/mol. The molecule has 1 fully saturated rings. The van der Waals surface area contributed by atoms with Crippen molar-refractivity contribution in [2.75, 3.05) is 45.2 Å². The van der Waals surface area contributed by atoms with Gasteiger partial charge < -0.3 is 19.9 Å². The molecule has 5 nitrogen and oxygen atoms in total. The van der Waals surface area contributed by atoms with Crippen molar-refractivity contribution < 1.29 is 9.53 Å². The number of aryl methyl sites for hydroxylation is 1. The smallest absolute Gasteiger partial charge is 0.321 e. The van der Waals surface area contributed by atoms with Gasteiger partial charge in [0.15, 0.2) is 0 Å². The van der Waals surface area contributed by atoms with Gasteiger partial charge in [-0.15, -0.1) is 6.58 Å². The number of rotatable bonds is 14. The maximum Gasteiger partial charge on any atom is 0.321 e. The minimum absolute atomic E-state index is 0.00109. The van der Waals surface area contributed by atoms with Crippen LogP contribution in [0.5, 0.6) is 0 Å². The molecule has 0 aliphatic carbocycles. The van der Waals surface area contributed by atoms with Crippen LogP contribution in [0.1, 0.15) is 63.9 Å². The van der Waals surface area contributed by atoms with E-state index in [0.717, 1.165) is 64.2 Å². The first-order valence-electron chi connectivity index (χ1n) is 12.2. The number of carbonyl (C=O) groups is 1. The van der Waals surface area contributed by atoms with Crippen LogP contribution in [-0.4, -0.2) is 61.8 Å². The molecule has 0 aromatic heterocycles. The Bertz CT molecular complexity index is 624. The van der Waals surface area contributed by atoms with E-state index in [0.29, 0.717) is 6.10 Å². The number of nitrogens with zero attached hydrogens (tertiary/aromatic N) is 2. The van der Waals surface area contributed by atoms with Gasteiger partial charge in [-0.3, -0.25) is 0 Å². The lowest BCUT2D eigenvalue weighted by Gasteiger charge is -2.32. The Balaban J connectivity index is 1.54. The molecule has 1 saturated heterocycles. The first-order valence-corrected chi connectivity index (χ1v) is 12.2. The molecule has 2 amide bonds. The standard InChI is InChI=1S/C26H43N3O2/c1-4-6-11-23-12-14-24(15-13-23)27-26(30)29-20-16-25(17-21-29)31-22-10-8-7-9-19-28(3)18-5-2/h5,12-15,25H,2,4,6-11,16-22H2,1,3H3,(H,27,30). The van der Waals surface area contributed by atoms with E-state index < -0.39 is 0 Å². The summed E-state index contributed by atoms with van der Waals surface area (Å²) in [6, 6.07) is 8.25. The second-order valence-electron chi connectivity index (χ2n) is 8.75. The van der Waals surface area contributed by atoms with Crippen LogP contribution in [-0.2, 0) is 11.2 Å². The van der Waals surface area contributed by atoms with Crippen LogP contribution in [0.4, 0.5) is 10.5 Å². The topological polar surface area (TPSA) is 44.8 Å². The van der Waals surface area contributed by atoms with Crippen LogP contribution in [0.2, 0.25) is 0 Å². The minimum atomic E-state index is 0.00109. The minimum Gasteiger partial charge on any atom is -0.378 e. The number of likely N-dealkylation sites (N-methyl/N-ethyl adjacent to an activating group) is 1. The molecule has 31 heavy (non-hydrogen) atoms. The molecule has 1 aliphatic rings. The third kappa shape index (κ3) is 10.3. The Hall–Kier alpha value is -1.85. The number of anilines is 1. The van der Waals surface area contributed by atoms with E-state index in [1.54, 1.807) is 0 Å². The van der Waals surface area contributed by atoms with Gasteiger partial charge in [-0.1, -0.05) is 44.4 Å². The second kappa shape index (κ2) is 15.0. The van der Waals surface area contributed by atoms with Gasteiger partial charge in [-0.2, -0.15) is 0 Å². The number of ether oxygens (including phenoxy) is 1. The maximum absolute atomic E-state index is 12.5. The van der Waals surface area contributed by atoms with Gasteiger partial charge in [0.25, 0.3) is 0 Å². The molecule has 1 aliphatic heterocycles. The summed E-state index contributed by atoms with van der Waals surface area (Å²) < 4.78 is 6.06. The fourth-order valence-electron chi connectivity index (χ4n) is 3.96. The summed E-state index contributed by atoms with van der Waals surface area (Å²) in [4.78, 5) is 16.8. The molecule has 0 atom stereocenters. The van der Waals surface area contributed by atoms with Crippen molar-refractivity contribution in [2.24, 2.45) is 0 Å². The van der Waals surface area contributed by atoms with Gasteiger partial charge >= 0.3 is 6.03 Å². The van der Waals surface area contributed by atoms with E-state index in [9.17, 15) is 4.79 Å². The highest BCUT2D eigenvalue weighted by atomic mass is 16.5. The lowest BCUT2D eigenvalue weighted by Crippen LogP contribution is -2.43. The van der Waals surface area contributed by atoms with Crippen LogP contribution < -0.4 is 5.32 Å². The Morgan fingerprint density at radius 2 is 1.87 bits per heavy atom. The average Bonchev–Trinajstić information content (AvgIpc) is 2.78. The van der Waals surface area contributed by atoms with Crippen LogP contribution in [0, 0.1) is 0 Å². The van der Waals surface area contributed by atoms with E-state index in [4.69, 9.17) is 4.74 Å². The summed E-state index contributed by atoms with van der Waals surface area (Å²) in [6.07, 6.45) is 12.4. The summed E-state index contributed by atoms with van der Waals surface area (Å²) in [5.74, 6) is 0. The largest absolute Gasteiger partial charge is 0.378 e. The number of likely N-dealkylation sites (tertiary alicyclic amines) is 1. The molecular weight excluding hydrogens is 386 g/mol. The summed E-state index contributed by atoms with van der Waals surface area (Å²) >= 11 is 0. The van der Waals surface area contributed by atoms with E-state index in [1.807, 2.05) is 23.1 Å². The summed E-state index contributed by atoms with van der Waals surface area (Å²) in [5.41, 5.74) is 2.21. The highest BCUT2D eigenvalue weighted by Gasteiger charge is 2.23. The predicted molar refractivity (Wildman–Crippen MR) is 131 cm³/mol. The first-order chi connectivity index (χ1) is 15.1. The number of amides is 2. The normalized spacial score (nSPS) is 14.7. The Kier molecular flexibility index (Phi) is 12.3. The summed E-state index contributed by atoms with van der Waals surface area (Å²) in [5, 5.41) is 3.03. The number of unbranched alkanes of at least 4 members (excludes halogenated alkanes) is 4. The molecule has 0 radical (unpaired) electrons. The molecule has 0 spiro atoms. The molecule has 1 N–H and O–H groups in total. The van der Waals surface area contributed by atoms with Gasteiger partial charge in [0, 0.05) is 31.9 Å². The number of nitrogens with one attached hydrogen (secondary N) is 1. The van der Waals surface area contributed by atoms with Crippen LogP contribution >= 0.6 is 0 Å². The SMILES string of the molecule is C=CCN(C)CCCCCCOC1CCN(C(=O)Nc2ccc(CCCC)cc2)CC1. The fraction of sp³-hybridized carbons (Fsp3) is 0.654.